The Hall–Kier alpha value is -1.73. The lowest BCUT2D eigenvalue weighted by atomic mass is 10.3. The summed E-state index contributed by atoms with van der Waals surface area (Å²) >= 11 is 3.36. The minimum Gasteiger partial charge on any atom is -0.480 e. The Balaban J connectivity index is 2.20. The topological polar surface area (TPSA) is 69.2 Å². The standard InChI is InChI=1S/C12H13BrN4O2/c1-8(10-3-4-14-7-16-10)19-11-5-9(13)6-15-12(11)17-18-2/h3-8H,1-2H3,(H,15,17). The van der Waals surface area contributed by atoms with E-state index in [1.54, 1.807) is 18.5 Å². The molecule has 0 spiro atoms. The maximum Gasteiger partial charge on any atom is 0.192 e. The van der Waals surface area contributed by atoms with Crippen molar-refractivity contribution in [3.63, 3.8) is 0 Å². The molecule has 0 radical (unpaired) electrons. The maximum absolute atomic E-state index is 5.84. The predicted octanol–water partition coefficient (Wildman–Crippen LogP) is 2.75. The third kappa shape index (κ3) is 3.62. The molecule has 7 heteroatoms. The van der Waals surface area contributed by atoms with Crippen LogP contribution in [0.3, 0.4) is 0 Å². The Labute approximate surface area is 119 Å². The summed E-state index contributed by atoms with van der Waals surface area (Å²) in [5.74, 6) is 1.08. The molecule has 0 aromatic carbocycles. The van der Waals surface area contributed by atoms with E-state index in [0.29, 0.717) is 11.6 Å². The SMILES string of the molecule is CONc1ncc(Br)cc1OC(C)c1ccncn1. The van der Waals surface area contributed by atoms with E-state index in [4.69, 9.17) is 9.57 Å². The fourth-order valence-corrected chi connectivity index (χ4v) is 1.79. The van der Waals surface area contributed by atoms with Crippen molar-refractivity contribution >= 4 is 21.7 Å². The molecule has 0 aliphatic carbocycles. The van der Waals surface area contributed by atoms with E-state index < -0.39 is 0 Å². The Morgan fingerprint density at radius 3 is 2.89 bits per heavy atom. The lowest BCUT2D eigenvalue weighted by Gasteiger charge is -2.16. The summed E-state index contributed by atoms with van der Waals surface area (Å²) in [7, 11) is 1.52. The van der Waals surface area contributed by atoms with Gasteiger partial charge in [0.25, 0.3) is 0 Å². The van der Waals surface area contributed by atoms with Crippen LogP contribution in [0.4, 0.5) is 5.82 Å². The van der Waals surface area contributed by atoms with E-state index in [-0.39, 0.29) is 6.10 Å². The summed E-state index contributed by atoms with van der Waals surface area (Å²) in [6, 6.07) is 3.62. The quantitative estimate of drug-likeness (QED) is 0.853. The normalized spacial score (nSPS) is 11.9. The van der Waals surface area contributed by atoms with Gasteiger partial charge in [-0.3, -0.25) is 4.84 Å². The van der Waals surface area contributed by atoms with E-state index in [1.165, 1.54) is 13.4 Å². The molecule has 6 nitrogen and oxygen atoms in total. The molecule has 2 aromatic rings. The summed E-state index contributed by atoms with van der Waals surface area (Å²) < 4.78 is 6.66. The number of hydrogen-bond acceptors (Lipinski definition) is 6. The zero-order valence-electron chi connectivity index (χ0n) is 10.5. The largest absolute Gasteiger partial charge is 0.480 e. The lowest BCUT2D eigenvalue weighted by molar-refractivity contribution is 0.215. The van der Waals surface area contributed by atoms with Crippen molar-refractivity contribution in [1.82, 2.24) is 15.0 Å². The highest BCUT2D eigenvalue weighted by Gasteiger charge is 2.13. The van der Waals surface area contributed by atoms with Gasteiger partial charge >= 0.3 is 0 Å². The van der Waals surface area contributed by atoms with Crippen molar-refractivity contribution in [2.75, 3.05) is 12.6 Å². The van der Waals surface area contributed by atoms with E-state index in [1.807, 2.05) is 13.0 Å². The summed E-state index contributed by atoms with van der Waals surface area (Å²) in [5, 5.41) is 0. The van der Waals surface area contributed by atoms with Crippen LogP contribution in [0.5, 0.6) is 5.75 Å². The van der Waals surface area contributed by atoms with Crippen LogP contribution in [-0.4, -0.2) is 22.1 Å². The summed E-state index contributed by atoms with van der Waals surface area (Å²) in [4.78, 5) is 17.1. The number of ether oxygens (including phenoxy) is 1. The highest BCUT2D eigenvalue weighted by atomic mass is 79.9. The molecule has 1 N–H and O–H groups in total. The van der Waals surface area contributed by atoms with Gasteiger partial charge in [-0.25, -0.2) is 20.4 Å². The molecule has 0 saturated heterocycles. The Morgan fingerprint density at radius 1 is 1.37 bits per heavy atom. The van der Waals surface area contributed by atoms with Crippen LogP contribution in [-0.2, 0) is 4.84 Å². The number of rotatable bonds is 5. The molecule has 1 unspecified atom stereocenters. The first kappa shape index (κ1) is 13.7. The van der Waals surface area contributed by atoms with E-state index in [0.717, 1.165) is 10.2 Å². The van der Waals surface area contributed by atoms with Crippen LogP contribution in [0.2, 0.25) is 0 Å². The van der Waals surface area contributed by atoms with Crippen molar-refractivity contribution in [1.29, 1.82) is 0 Å². The number of pyridine rings is 1. The molecule has 0 aliphatic rings. The number of nitrogens with one attached hydrogen (secondary N) is 1. The third-order valence-corrected chi connectivity index (χ3v) is 2.78. The molecule has 0 aliphatic heterocycles. The maximum atomic E-state index is 5.84. The average molecular weight is 325 g/mol. The first-order valence-corrected chi connectivity index (χ1v) is 6.37. The molecule has 0 saturated carbocycles. The second kappa shape index (κ2) is 6.44. The van der Waals surface area contributed by atoms with Gasteiger partial charge in [0, 0.05) is 16.9 Å². The van der Waals surface area contributed by atoms with Gasteiger partial charge in [-0.2, -0.15) is 0 Å². The lowest BCUT2D eigenvalue weighted by Crippen LogP contribution is -2.08. The number of hydrogen-bond donors (Lipinski definition) is 1. The fraction of sp³-hybridized carbons (Fsp3) is 0.250. The molecule has 100 valence electrons. The van der Waals surface area contributed by atoms with Crippen LogP contribution in [0.15, 0.2) is 35.3 Å². The van der Waals surface area contributed by atoms with Crippen molar-refractivity contribution in [3.05, 3.63) is 41.0 Å². The van der Waals surface area contributed by atoms with Gasteiger partial charge in [-0.1, -0.05) is 0 Å². The van der Waals surface area contributed by atoms with Crippen molar-refractivity contribution in [2.45, 2.75) is 13.0 Å². The predicted molar refractivity (Wildman–Crippen MR) is 73.6 cm³/mol. The molecule has 2 aromatic heterocycles. The van der Waals surface area contributed by atoms with E-state index in [2.05, 4.69) is 36.4 Å². The Bertz CT molecular complexity index is 539. The second-order valence-electron chi connectivity index (χ2n) is 3.70. The number of halogens is 1. The minimum absolute atomic E-state index is 0.225. The Morgan fingerprint density at radius 2 is 2.21 bits per heavy atom. The smallest absolute Gasteiger partial charge is 0.192 e. The zero-order chi connectivity index (χ0) is 13.7. The van der Waals surface area contributed by atoms with Gasteiger partial charge in [-0.05, 0) is 35.0 Å². The molecule has 0 amide bonds. The summed E-state index contributed by atoms with van der Waals surface area (Å²) in [5.41, 5.74) is 3.46. The molecule has 2 rings (SSSR count). The van der Waals surface area contributed by atoms with E-state index in [9.17, 15) is 0 Å². The average Bonchev–Trinajstić information content (AvgIpc) is 2.43. The van der Waals surface area contributed by atoms with Crippen molar-refractivity contribution in [3.8, 4) is 5.75 Å². The zero-order valence-corrected chi connectivity index (χ0v) is 12.1. The van der Waals surface area contributed by atoms with Crippen LogP contribution >= 0.6 is 15.9 Å². The minimum atomic E-state index is -0.225. The van der Waals surface area contributed by atoms with Crippen LogP contribution in [0.25, 0.3) is 0 Å². The van der Waals surface area contributed by atoms with Gasteiger partial charge < -0.3 is 4.74 Å². The Kier molecular flexibility index (Phi) is 4.64. The van der Waals surface area contributed by atoms with Gasteiger partial charge in [0.1, 0.15) is 12.4 Å². The number of anilines is 1. The van der Waals surface area contributed by atoms with Crippen molar-refractivity contribution in [2.24, 2.45) is 0 Å². The highest BCUT2D eigenvalue weighted by molar-refractivity contribution is 9.10. The van der Waals surface area contributed by atoms with Gasteiger partial charge in [-0.15, -0.1) is 0 Å². The third-order valence-electron chi connectivity index (χ3n) is 2.34. The highest BCUT2D eigenvalue weighted by Crippen LogP contribution is 2.29. The first-order valence-electron chi connectivity index (χ1n) is 5.58. The second-order valence-corrected chi connectivity index (χ2v) is 4.62. The van der Waals surface area contributed by atoms with Crippen molar-refractivity contribution < 1.29 is 9.57 Å². The number of aromatic nitrogens is 3. The summed E-state index contributed by atoms with van der Waals surface area (Å²) in [6.45, 7) is 1.90. The van der Waals surface area contributed by atoms with E-state index >= 15 is 0 Å². The molecule has 19 heavy (non-hydrogen) atoms. The van der Waals surface area contributed by atoms with Crippen LogP contribution < -0.4 is 10.2 Å². The summed E-state index contributed by atoms with van der Waals surface area (Å²) in [6.07, 6.45) is 4.60. The van der Waals surface area contributed by atoms with Gasteiger partial charge in [0.15, 0.2) is 11.6 Å². The fourth-order valence-electron chi connectivity index (χ4n) is 1.48. The molecular weight excluding hydrogens is 312 g/mol. The molecular formula is C12H13BrN4O2. The van der Waals surface area contributed by atoms with Crippen LogP contribution in [0.1, 0.15) is 18.7 Å². The van der Waals surface area contributed by atoms with Crippen LogP contribution in [0, 0.1) is 0 Å². The molecule has 0 bridgehead atoms. The molecule has 0 fully saturated rings. The van der Waals surface area contributed by atoms with Gasteiger partial charge in [0.2, 0.25) is 0 Å². The van der Waals surface area contributed by atoms with Gasteiger partial charge in [0.05, 0.1) is 12.8 Å². The number of nitrogens with zero attached hydrogens (tertiary/aromatic N) is 3. The monoisotopic (exact) mass is 324 g/mol. The molecule has 2 heterocycles. The first-order chi connectivity index (χ1) is 9.20. The molecule has 1 atom stereocenters.